The van der Waals surface area contributed by atoms with Gasteiger partial charge < -0.3 is 4.42 Å². The number of benzene rings is 1. The molecule has 1 amide bonds. The Morgan fingerprint density at radius 1 is 1.11 bits per heavy atom. The molecule has 9 heteroatoms. The van der Waals surface area contributed by atoms with Crippen LogP contribution in [0.25, 0.3) is 11.6 Å². The van der Waals surface area contributed by atoms with Crippen LogP contribution in [0.15, 0.2) is 58.0 Å². The Bertz CT molecular complexity index is 1020. The Kier molecular flexibility index (Phi) is 5.60. The lowest BCUT2D eigenvalue weighted by atomic mass is 10.2. The summed E-state index contributed by atoms with van der Waals surface area (Å²) in [5.74, 6) is -0.329. The third kappa shape index (κ3) is 4.98. The first kappa shape index (κ1) is 18.7. The highest BCUT2D eigenvalue weighted by molar-refractivity contribution is 7.91. The summed E-state index contributed by atoms with van der Waals surface area (Å²) >= 11 is 0. The highest BCUT2D eigenvalue weighted by atomic mass is 32.2. The summed E-state index contributed by atoms with van der Waals surface area (Å²) in [5, 5.41) is 10.0. The van der Waals surface area contributed by atoms with Crippen molar-refractivity contribution >= 4 is 21.8 Å². The van der Waals surface area contributed by atoms with Gasteiger partial charge in [0.25, 0.3) is 5.89 Å². The third-order valence-corrected chi connectivity index (χ3v) is 5.57. The maximum absolute atomic E-state index is 12.3. The van der Waals surface area contributed by atoms with Crippen molar-refractivity contribution in [2.24, 2.45) is 0 Å². The van der Waals surface area contributed by atoms with Gasteiger partial charge in [0.15, 0.2) is 9.84 Å². The van der Waals surface area contributed by atoms with Crippen LogP contribution in [0, 0.1) is 6.92 Å². The molecular formula is C18H18N4O4S. The summed E-state index contributed by atoms with van der Waals surface area (Å²) in [6, 6.07) is 11.8. The number of nitrogens with one attached hydrogen (secondary N) is 1. The van der Waals surface area contributed by atoms with Gasteiger partial charge in [-0.3, -0.25) is 15.1 Å². The number of hydrogen-bond acceptors (Lipinski definition) is 7. The molecule has 0 spiro atoms. The number of aryl methyl sites for hydroxylation is 1. The number of pyridine rings is 1. The predicted molar refractivity (Wildman–Crippen MR) is 98.6 cm³/mol. The van der Waals surface area contributed by atoms with Gasteiger partial charge in [-0.1, -0.05) is 28.9 Å². The molecule has 3 aromatic rings. The van der Waals surface area contributed by atoms with Gasteiger partial charge in [-0.15, -0.1) is 5.10 Å². The minimum atomic E-state index is -3.42. The molecule has 0 aliphatic rings. The summed E-state index contributed by atoms with van der Waals surface area (Å²) in [5.41, 5.74) is 1.48. The largest absolute Gasteiger partial charge is 0.401 e. The molecule has 0 bridgehead atoms. The van der Waals surface area contributed by atoms with E-state index in [-0.39, 0.29) is 35.4 Å². The number of nitrogens with zero attached hydrogens (tertiary/aromatic N) is 3. The molecule has 0 aliphatic carbocycles. The van der Waals surface area contributed by atoms with Crippen LogP contribution in [0.3, 0.4) is 0 Å². The van der Waals surface area contributed by atoms with Crippen molar-refractivity contribution in [3.63, 3.8) is 0 Å². The summed E-state index contributed by atoms with van der Waals surface area (Å²) in [6.07, 6.45) is 1.79. The maximum Gasteiger partial charge on any atom is 0.322 e. The van der Waals surface area contributed by atoms with Crippen LogP contribution in [-0.2, 0) is 14.6 Å². The average Bonchev–Trinajstić information content (AvgIpc) is 3.11. The standard InChI is InChI=1S/C18H18N4O4S/c1-13-7-9-14(10-8-13)27(24,25)12-4-6-16(23)20-18-22-21-17(26-18)15-5-2-3-11-19-15/h2-3,5,7-11H,4,6,12H2,1H3,(H,20,22,23). The molecule has 140 valence electrons. The second-order valence-corrected chi connectivity index (χ2v) is 8.02. The first-order chi connectivity index (χ1) is 12.9. The molecule has 0 radical (unpaired) electrons. The van der Waals surface area contributed by atoms with E-state index in [1.165, 1.54) is 0 Å². The summed E-state index contributed by atoms with van der Waals surface area (Å²) in [7, 11) is -3.42. The van der Waals surface area contributed by atoms with Gasteiger partial charge in [-0.05, 0) is 37.6 Å². The van der Waals surface area contributed by atoms with Crippen molar-refractivity contribution in [2.45, 2.75) is 24.7 Å². The molecule has 0 atom stereocenters. The number of aromatic nitrogens is 3. The lowest BCUT2D eigenvalue weighted by Crippen LogP contribution is -2.14. The number of hydrogen-bond donors (Lipinski definition) is 1. The second-order valence-electron chi connectivity index (χ2n) is 5.91. The van der Waals surface area contributed by atoms with Crippen molar-refractivity contribution in [1.29, 1.82) is 0 Å². The number of carbonyl (C=O) groups excluding carboxylic acids is 1. The number of sulfone groups is 1. The Hall–Kier alpha value is -3.07. The van der Waals surface area contributed by atoms with Crippen LogP contribution in [0.4, 0.5) is 6.01 Å². The highest BCUT2D eigenvalue weighted by Crippen LogP contribution is 2.17. The van der Waals surface area contributed by atoms with Gasteiger partial charge in [-0.2, -0.15) is 0 Å². The van der Waals surface area contributed by atoms with Crippen molar-refractivity contribution in [1.82, 2.24) is 15.2 Å². The van der Waals surface area contributed by atoms with Gasteiger partial charge in [0.05, 0.1) is 10.6 Å². The van der Waals surface area contributed by atoms with Crippen LogP contribution in [0.2, 0.25) is 0 Å². The molecule has 3 rings (SSSR count). The van der Waals surface area contributed by atoms with Gasteiger partial charge in [0, 0.05) is 12.6 Å². The minimum Gasteiger partial charge on any atom is -0.401 e. The fourth-order valence-corrected chi connectivity index (χ4v) is 3.65. The Morgan fingerprint density at radius 2 is 1.89 bits per heavy atom. The van der Waals surface area contributed by atoms with Crippen LogP contribution in [0.1, 0.15) is 18.4 Å². The first-order valence-electron chi connectivity index (χ1n) is 8.28. The lowest BCUT2D eigenvalue weighted by Gasteiger charge is -2.05. The molecule has 27 heavy (non-hydrogen) atoms. The zero-order valence-corrected chi connectivity index (χ0v) is 15.4. The van der Waals surface area contributed by atoms with Gasteiger partial charge in [-0.25, -0.2) is 8.42 Å². The first-order valence-corrected chi connectivity index (χ1v) is 9.93. The lowest BCUT2D eigenvalue weighted by molar-refractivity contribution is -0.116. The topological polar surface area (TPSA) is 115 Å². The molecular weight excluding hydrogens is 368 g/mol. The van der Waals surface area contributed by atoms with E-state index >= 15 is 0 Å². The van der Waals surface area contributed by atoms with E-state index in [9.17, 15) is 13.2 Å². The molecule has 0 unspecified atom stereocenters. The van der Waals surface area contributed by atoms with E-state index in [2.05, 4.69) is 20.5 Å². The molecule has 0 saturated heterocycles. The molecule has 0 fully saturated rings. The second kappa shape index (κ2) is 8.09. The normalized spacial score (nSPS) is 11.3. The van der Waals surface area contributed by atoms with E-state index in [0.717, 1.165) is 5.56 Å². The molecule has 0 aliphatic heterocycles. The number of anilines is 1. The zero-order valence-electron chi connectivity index (χ0n) is 14.6. The van der Waals surface area contributed by atoms with Crippen LogP contribution in [0.5, 0.6) is 0 Å². The Balaban J connectivity index is 1.51. The Labute approximate surface area is 156 Å². The highest BCUT2D eigenvalue weighted by Gasteiger charge is 2.16. The fraction of sp³-hybridized carbons (Fsp3) is 0.222. The average molecular weight is 386 g/mol. The summed E-state index contributed by atoms with van der Waals surface area (Å²) < 4.78 is 29.9. The van der Waals surface area contributed by atoms with Crippen molar-refractivity contribution in [3.05, 3.63) is 54.2 Å². The van der Waals surface area contributed by atoms with E-state index in [1.807, 2.05) is 6.92 Å². The molecule has 1 aromatic carbocycles. The number of carbonyl (C=O) groups is 1. The van der Waals surface area contributed by atoms with Crippen molar-refractivity contribution < 1.29 is 17.6 Å². The smallest absolute Gasteiger partial charge is 0.322 e. The fourth-order valence-electron chi connectivity index (χ4n) is 2.33. The predicted octanol–water partition coefficient (Wildman–Crippen LogP) is 2.63. The van der Waals surface area contributed by atoms with Crippen LogP contribution < -0.4 is 5.32 Å². The molecule has 0 saturated carbocycles. The molecule has 1 N–H and O–H groups in total. The third-order valence-electron chi connectivity index (χ3n) is 3.75. The minimum absolute atomic E-state index is 0.0202. The molecule has 2 heterocycles. The van der Waals surface area contributed by atoms with Crippen LogP contribution in [-0.4, -0.2) is 35.3 Å². The van der Waals surface area contributed by atoms with Gasteiger partial charge >= 0.3 is 6.01 Å². The SMILES string of the molecule is Cc1ccc(S(=O)(=O)CCCC(=O)Nc2nnc(-c3ccccn3)o2)cc1. The van der Waals surface area contributed by atoms with E-state index in [1.54, 1.807) is 48.7 Å². The van der Waals surface area contributed by atoms with E-state index in [0.29, 0.717) is 5.69 Å². The summed E-state index contributed by atoms with van der Waals surface area (Å²) in [6.45, 7) is 1.89. The van der Waals surface area contributed by atoms with Crippen molar-refractivity contribution in [3.8, 4) is 11.6 Å². The van der Waals surface area contributed by atoms with E-state index in [4.69, 9.17) is 4.42 Å². The molecule has 8 nitrogen and oxygen atoms in total. The van der Waals surface area contributed by atoms with Gasteiger partial charge in [0.1, 0.15) is 5.69 Å². The maximum atomic E-state index is 12.3. The number of amides is 1. The van der Waals surface area contributed by atoms with Crippen LogP contribution >= 0.6 is 0 Å². The van der Waals surface area contributed by atoms with Gasteiger partial charge in [0.2, 0.25) is 5.91 Å². The van der Waals surface area contributed by atoms with Crippen molar-refractivity contribution in [2.75, 3.05) is 11.1 Å². The number of rotatable bonds is 7. The molecule has 2 aromatic heterocycles. The zero-order chi connectivity index (χ0) is 19.3. The summed E-state index contributed by atoms with van der Waals surface area (Å²) in [4.78, 5) is 16.3. The van der Waals surface area contributed by atoms with E-state index < -0.39 is 15.7 Å². The monoisotopic (exact) mass is 386 g/mol. The Morgan fingerprint density at radius 3 is 2.59 bits per heavy atom. The quantitative estimate of drug-likeness (QED) is 0.663.